The first-order valence-corrected chi connectivity index (χ1v) is 12.7. The van der Waals surface area contributed by atoms with Gasteiger partial charge >= 0.3 is 0 Å². The molecule has 8 nitrogen and oxygen atoms in total. The van der Waals surface area contributed by atoms with Gasteiger partial charge in [-0.2, -0.15) is 0 Å². The number of likely N-dealkylation sites (tertiary alicyclic amines) is 1. The molecule has 2 aromatic carbocycles. The zero-order chi connectivity index (χ0) is 25.5. The standard InChI is InChI=1S/C28H28FN5O3/c29-22-13-21-19(15-34(28(21)37)24-6-7-26(35)32-27(24)36)12-20(22)17-8-10-33(11-9-17)16-25-30-14-23(31-25)18-4-2-1-3-5-18/h1-5,12-14,17,24H,6-11,15-16H2,(H,30,31)(H,32,35,36). The van der Waals surface area contributed by atoms with E-state index in [1.54, 1.807) is 0 Å². The Kier molecular flexibility index (Phi) is 6.08. The van der Waals surface area contributed by atoms with Gasteiger partial charge in [-0.15, -0.1) is 0 Å². The Balaban J connectivity index is 1.10. The van der Waals surface area contributed by atoms with Crippen molar-refractivity contribution in [3.63, 3.8) is 0 Å². The number of imidazole rings is 1. The van der Waals surface area contributed by atoms with E-state index in [4.69, 9.17) is 0 Å². The Bertz CT molecular complexity index is 1360. The summed E-state index contributed by atoms with van der Waals surface area (Å²) in [6, 6.07) is 12.5. The minimum atomic E-state index is -0.698. The molecule has 4 heterocycles. The summed E-state index contributed by atoms with van der Waals surface area (Å²) >= 11 is 0. The lowest BCUT2D eigenvalue weighted by molar-refractivity contribution is -0.136. The van der Waals surface area contributed by atoms with Crippen LogP contribution >= 0.6 is 0 Å². The van der Waals surface area contributed by atoms with Crippen LogP contribution in [-0.4, -0.2) is 56.6 Å². The average molecular weight is 502 g/mol. The Labute approximate surface area is 213 Å². The molecule has 1 aromatic heterocycles. The lowest BCUT2D eigenvalue weighted by Gasteiger charge is -2.32. The number of halogens is 1. The second-order valence-corrected chi connectivity index (χ2v) is 10.1. The van der Waals surface area contributed by atoms with E-state index in [1.807, 2.05) is 42.6 Å². The maximum Gasteiger partial charge on any atom is 0.255 e. The summed E-state index contributed by atoms with van der Waals surface area (Å²) in [6.07, 6.45) is 3.97. The maximum atomic E-state index is 15.2. The maximum absolute atomic E-state index is 15.2. The molecular weight excluding hydrogens is 473 g/mol. The molecule has 0 saturated carbocycles. The molecule has 37 heavy (non-hydrogen) atoms. The summed E-state index contributed by atoms with van der Waals surface area (Å²) in [5.41, 5.74) is 3.79. The largest absolute Gasteiger partial charge is 0.341 e. The lowest BCUT2D eigenvalue weighted by Crippen LogP contribution is -2.52. The number of piperidine rings is 2. The van der Waals surface area contributed by atoms with Crippen molar-refractivity contribution in [2.24, 2.45) is 0 Å². The number of benzene rings is 2. The quantitative estimate of drug-likeness (QED) is 0.523. The normalized spacial score (nSPS) is 20.8. The summed E-state index contributed by atoms with van der Waals surface area (Å²) in [4.78, 5) is 48.5. The number of imide groups is 1. The molecule has 1 atom stereocenters. The van der Waals surface area contributed by atoms with Gasteiger partial charge in [0.1, 0.15) is 17.7 Å². The first-order chi connectivity index (χ1) is 18.0. The number of aromatic amines is 1. The van der Waals surface area contributed by atoms with Crippen LogP contribution in [0.25, 0.3) is 11.3 Å². The number of H-pyrrole nitrogens is 1. The van der Waals surface area contributed by atoms with Gasteiger partial charge in [-0.05, 0) is 61.0 Å². The number of nitrogens with zero attached hydrogens (tertiary/aromatic N) is 3. The number of carbonyl (C=O) groups excluding carboxylic acids is 3. The molecule has 2 fully saturated rings. The Hall–Kier alpha value is -3.85. The van der Waals surface area contributed by atoms with Crippen molar-refractivity contribution in [1.29, 1.82) is 0 Å². The molecule has 9 heteroatoms. The first kappa shape index (κ1) is 23.5. The molecule has 3 amide bonds. The van der Waals surface area contributed by atoms with Crippen LogP contribution in [0.5, 0.6) is 0 Å². The van der Waals surface area contributed by atoms with Gasteiger partial charge in [0.15, 0.2) is 0 Å². The van der Waals surface area contributed by atoms with Gasteiger partial charge in [0.05, 0.1) is 18.4 Å². The highest BCUT2D eigenvalue weighted by atomic mass is 19.1. The van der Waals surface area contributed by atoms with Crippen molar-refractivity contribution in [1.82, 2.24) is 25.1 Å². The third-order valence-electron chi connectivity index (χ3n) is 7.75. The molecule has 0 aliphatic carbocycles. The number of nitrogens with one attached hydrogen (secondary N) is 2. The fourth-order valence-corrected chi connectivity index (χ4v) is 5.74. The molecule has 0 bridgehead atoms. The summed E-state index contributed by atoms with van der Waals surface area (Å²) in [6.45, 7) is 2.62. The zero-order valence-corrected chi connectivity index (χ0v) is 20.4. The SMILES string of the molecule is O=C1CCC(N2Cc3cc(C4CCN(Cc5ncc(-c6ccccc6)[nH]5)CC4)c(F)cc3C2=O)C(=O)N1. The molecule has 6 rings (SSSR count). The van der Waals surface area contributed by atoms with Crippen LogP contribution in [0.1, 0.15) is 58.9 Å². The van der Waals surface area contributed by atoms with Crippen molar-refractivity contribution < 1.29 is 18.8 Å². The van der Waals surface area contributed by atoms with Crippen LogP contribution < -0.4 is 5.32 Å². The molecule has 3 aliphatic rings. The molecule has 3 aromatic rings. The van der Waals surface area contributed by atoms with Crippen LogP contribution in [-0.2, 0) is 22.7 Å². The van der Waals surface area contributed by atoms with Gasteiger partial charge in [0.2, 0.25) is 11.8 Å². The van der Waals surface area contributed by atoms with Crippen LogP contribution in [0.2, 0.25) is 0 Å². The van der Waals surface area contributed by atoms with Gasteiger partial charge < -0.3 is 9.88 Å². The van der Waals surface area contributed by atoms with Crippen molar-refractivity contribution in [3.8, 4) is 11.3 Å². The Morgan fingerprint density at radius 3 is 2.57 bits per heavy atom. The van der Waals surface area contributed by atoms with Crippen LogP contribution in [0.15, 0.2) is 48.7 Å². The average Bonchev–Trinajstić information content (AvgIpc) is 3.49. The van der Waals surface area contributed by atoms with Gasteiger partial charge in [-0.25, -0.2) is 9.37 Å². The fourth-order valence-electron chi connectivity index (χ4n) is 5.74. The molecule has 0 radical (unpaired) electrons. The number of fused-ring (bicyclic) bond motifs is 1. The van der Waals surface area contributed by atoms with Crippen LogP contribution in [0.3, 0.4) is 0 Å². The number of hydrogen-bond donors (Lipinski definition) is 2. The van der Waals surface area contributed by atoms with E-state index in [0.29, 0.717) is 24.1 Å². The van der Waals surface area contributed by atoms with E-state index >= 15 is 4.39 Å². The number of amides is 3. The van der Waals surface area contributed by atoms with Crippen molar-refractivity contribution in [3.05, 3.63) is 77.0 Å². The highest BCUT2D eigenvalue weighted by Crippen LogP contribution is 2.35. The molecule has 0 spiro atoms. The molecule has 2 N–H and O–H groups in total. The number of carbonyl (C=O) groups is 3. The van der Waals surface area contributed by atoms with E-state index in [-0.39, 0.29) is 36.5 Å². The summed E-state index contributed by atoms with van der Waals surface area (Å²) in [5, 5.41) is 2.30. The molecule has 2 saturated heterocycles. The number of hydrogen-bond acceptors (Lipinski definition) is 5. The van der Waals surface area contributed by atoms with Crippen LogP contribution in [0.4, 0.5) is 4.39 Å². The highest BCUT2D eigenvalue weighted by molar-refractivity contribution is 6.05. The van der Waals surface area contributed by atoms with Crippen molar-refractivity contribution >= 4 is 17.7 Å². The van der Waals surface area contributed by atoms with E-state index in [9.17, 15) is 14.4 Å². The molecular formula is C28H28FN5O3. The van der Waals surface area contributed by atoms with E-state index < -0.39 is 11.9 Å². The van der Waals surface area contributed by atoms with Crippen LogP contribution in [0, 0.1) is 5.82 Å². The number of aromatic nitrogens is 2. The molecule has 1 unspecified atom stereocenters. The molecule has 3 aliphatic heterocycles. The zero-order valence-electron chi connectivity index (χ0n) is 20.4. The topological polar surface area (TPSA) is 98.4 Å². The number of rotatable bonds is 5. The third-order valence-corrected chi connectivity index (χ3v) is 7.75. The summed E-state index contributed by atoms with van der Waals surface area (Å²) in [7, 11) is 0. The summed E-state index contributed by atoms with van der Waals surface area (Å²) < 4.78 is 15.2. The van der Waals surface area contributed by atoms with Crippen molar-refractivity contribution in [2.75, 3.05) is 13.1 Å². The van der Waals surface area contributed by atoms with Gasteiger partial charge in [-0.1, -0.05) is 36.4 Å². The smallest absolute Gasteiger partial charge is 0.255 e. The monoisotopic (exact) mass is 501 g/mol. The minimum Gasteiger partial charge on any atom is -0.341 e. The van der Waals surface area contributed by atoms with E-state index in [2.05, 4.69) is 20.2 Å². The predicted octanol–water partition coefficient (Wildman–Crippen LogP) is 3.36. The van der Waals surface area contributed by atoms with Crippen molar-refractivity contribution in [2.45, 2.75) is 50.7 Å². The molecule has 190 valence electrons. The minimum absolute atomic E-state index is 0.0674. The Morgan fingerprint density at radius 1 is 1.03 bits per heavy atom. The highest BCUT2D eigenvalue weighted by Gasteiger charge is 2.40. The first-order valence-electron chi connectivity index (χ1n) is 12.7. The Morgan fingerprint density at radius 2 is 1.81 bits per heavy atom. The van der Waals surface area contributed by atoms with E-state index in [0.717, 1.165) is 48.6 Å². The van der Waals surface area contributed by atoms with E-state index in [1.165, 1.54) is 11.0 Å². The third kappa shape index (κ3) is 4.55. The summed E-state index contributed by atoms with van der Waals surface area (Å²) in [5.74, 6) is -0.523. The fraction of sp³-hybridized carbons (Fsp3) is 0.357. The second-order valence-electron chi connectivity index (χ2n) is 10.1. The van der Waals surface area contributed by atoms with Gasteiger partial charge in [0, 0.05) is 18.5 Å². The van der Waals surface area contributed by atoms with Gasteiger partial charge in [-0.3, -0.25) is 24.6 Å². The second kappa shape index (κ2) is 9.55. The van der Waals surface area contributed by atoms with Gasteiger partial charge in [0.25, 0.3) is 5.91 Å². The predicted molar refractivity (Wildman–Crippen MR) is 134 cm³/mol. The lowest BCUT2D eigenvalue weighted by atomic mass is 9.87.